The van der Waals surface area contributed by atoms with Crippen LogP contribution in [-0.4, -0.2) is 6.54 Å². The van der Waals surface area contributed by atoms with E-state index in [0.29, 0.717) is 0 Å². The smallest absolute Gasteiger partial charge is 0.0299 e. The Kier molecular flexibility index (Phi) is 4.77. The second kappa shape index (κ2) is 6.58. The molecule has 1 heterocycles. The van der Waals surface area contributed by atoms with Gasteiger partial charge in [0.1, 0.15) is 0 Å². The van der Waals surface area contributed by atoms with E-state index in [0.717, 1.165) is 19.5 Å². The predicted molar refractivity (Wildman–Crippen MR) is 75.5 cm³/mol. The SMILES string of the molecule is Cc1ccc(CNCCCc2ccccc2)s1. The fourth-order valence-corrected chi connectivity index (χ4v) is 2.71. The highest BCUT2D eigenvalue weighted by Gasteiger charge is 1.96. The zero-order valence-electron chi connectivity index (χ0n) is 10.3. The Bertz CT molecular complexity index is 433. The minimum atomic E-state index is 1.01. The van der Waals surface area contributed by atoms with Crippen LogP contribution in [0.4, 0.5) is 0 Å². The van der Waals surface area contributed by atoms with Crippen LogP contribution < -0.4 is 5.32 Å². The van der Waals surface area contributed by atoms with Crippen molar-refractivity contribution in [2.24, 2.45) is 0 Å². The summed E-state index contributed by atoms with van der Waals surface area (Å²) >= 11 is 1.88. The highest BCUT2D eigenvalue weighted by molar-refractivity contribution is 7.11. The number of thiophene rings is 1. The zero-order valence-corrected chi connectivity index (χ0v) is 11.1. The molecule has 2 aromatic rings. The second-order valence-electron chi connectivity index (χ2n) is 4.28. The van der Waals surface area contributed by atoms with E-state index in [1.165, 1.54) is 21.7 Å². The van der Waals surface area contributed by atoms with Crippen molar-refractivity contribution in [2.75, 3.05) is 6.54 Å². The van der Waals surface area contributed by atoms with Crippen molar-refractivity contribution < 1.29 is 0 Å². The first-order valence-electron chi connectivity index (χ1n) is 6.14. The average molecular weight is 245 g/mol. The quantitative estimate of drug-likeness (QED) is 0.764. The van der Waals surface area contributed by atoms with E-state index in [4.69, 9.17) is 0 Å². The van der Waals surface area contributed by atoms with Gasteiger partial charge in [-0.3, -0.25) is 0 Å². The van der Waals surface area contributed by atoms with E-state index in [1.807, 2.05) is 11.3 Å². The van der Waals surface area contributed by atoms with E-state index in [-0.39, 0.29) is 0 Å². The number of aryl methyl sites for hydroxylation is 2. The lowest BCUT2D eigenvalue weighted by Gasteiger charge is -2.03. The summed E-state index contributed by atoms with van der Waals surface area (Å²) in [5, 5.41) is 3.50. The van der Waals surface area contributed by atoms with Crippen molar-refractivity contribution in [1.82, 2.24) is 5.32 Å². The van der Waals surface area contributed by atoms with Crippen molar-refractivity contribution in [1.29, 1.82) is 0 Å². The van der Waals surface area contributed by atoms with Crippen LogP contribution in [0.2, 0.25) is 0 Å². The third-order valence-corrected chi connectivity index (χ3v) is 3.76. The number of nitrogens with one attached hydrogen (secondary N) is 1. The fraction of sp³-hybridized carbons (Fsp3) is 0.333. The molecule has 1 aromatic carbocycles. The topological polar surface area (TPSA) is 12.0 Å². The van der Waals surface area contributed by atoms with Crippen LogP contribution in [0.3, 0.4) is 0 Å². The molecule has 1 aromatic heterocycles. The van der Waals surface area contributed by atoms with Gasteiger partial charge < -0.3 is 5.32 Å². The first-order valence-corrected chi connectivity index (χ1v) is 6.96. The average Bonchev–Trinajstić information content (AvgIpc) is 2.76. The number of benzene rings is 1. The van der Waals surface area contributed by atoms with Crippen molar-refractivity contribution >= 4 is 11.3 Å². The van der Waals surface area contributed by atoms with Crippen LogP contribution in [0.25, 0.3) is 0 Å². The summed E-state index contributed by atoms with van der Waals surface area (Å²) in [4.78, 5) is 2.83. The summed E-state index contributed by atoms with van der Waals surface area (Å²) < 4.78 is 0. The summed E-state index contributed by atoms with van der Waals surface area (Å²) in [5.41, 5.74) is 1.43. The molecule has 2 rings (SSSR count). The van der Waals surface area contributed by atoms with Gasteiger partial charge in [0.15, 0.2) is 0 Å². The van der Waals surface area contributed by atoms with Gasteiger partial charge in [-0.2, -0.15) is 0 Å². The molecule has 1 N–H and O–H groups in total. The largest absolute Gasteiger partial charge is 0.312 e. The van der Waals surface area contributed by atoms with Crippen LogP contribution in [0, 0.1) is 6.92 Å². The van der Waals surface area contributed by atoms with E-state index >= 15 is 0 Å². The number of hydrogen-bond donors (Lipinski definition) is 1. The van der Waals surface area contributed by atoms with Gasteiger partial charge in [0.05, 0.1) is 0 Å². The molecule has 0 amide bonds. The molecular weight excluding hydrogens is 226 g/mol. The molecular formula is C15H19NS. The fourth-order valence-electron chi connectivity index (χ4n) is 1.85. The lowest BCUT2D eigenvalue weighted by Crippen LogP contribution is -2.14. The number of rotatable bonds is 6. The molecule has 0 saturated carbocycles. The van der Waals surface area contributed by atoms with E-state index in [2.05, 4.69) is 54.7 Å². The van der Waals surface area contributed by atoms with Crippen LogP contribution in [-0.2, 0) is 13.0 Å². The van der Waals surface area contributed by atoms with Crippen LogP contribution in [0.1, 0.15) is 21.7 Å². The lowest BCUT2D eigenvalue weighted by atomic mass is 10.1. The molecule has 0 aliphatic rings. The van der Waals surface area contributed by atoms with Crippen LogP contribution in [0.15, 0.2) is 42.5 Å². The molecule has 0 radical (unpaired) electrons. The van der Waals surface area contributed by atoms with Gasteiger partial charge in [-0.05, 0) is 44.0 Å². The summed E-state index contributed by atoms with van der Waals surface area (Å²) in [6, 6.07) is 15.1. The van der Waals surface area contributed by atoms with Crippen molar-refractivity contribution in [3.8, 4) is 0 Å². The Morgan fingerprint density at radius 1 is 1.06 bits per heavy atom. The lowest BCUT2D eigenvalue weighted by molar-refractivity contribution is 0.654. The Labute approximate surface area is 108 Å². The monoisotopic (exact) mass is 245 g/mol. The Balaban J connectivity index is 1.61. The third-order valence-electron chi connectivity index (χ3n) is 2.76. The Morgan fingerprint density at radius 2 is 1.88 bits per heavy atom. The molecule has 0 unspecified atom stereocenters. The molecule has 17 heavy (non-hydrogen) atoms. The molecule has 0 saturated heterocycles. The summed E-state index contributed by atoms with van der Waals surface area (Å²) in [7, 11) is 0. The molecule has 0 aliphatic carbocycles. The molecule has 1 nitrogen and oxygen atoms in total. The molecule has 0 spiro atoms. The van der Waals surface area contributed by atoms with E-state index in [9.17, 15) is 0 Å². The molecule has 0 fully saturated rings. The van der Waals surface area contributed by atoms with Crippen molar-refractivity contribution in [3.63, 3.8) is 0 Å². The standard InChI is InChI=1S/C15H19NS/c1-13-9-10-15(17-13)12-16-11-5-8-14-6-3-2-4-7-14/h2-4,6-7,9-10,16H,5,8,11-12H2,1H3. The number of hydrogen-bond acceptors (Lipinski definition) is 2. The van der Waals surface area contributed by atoms with Gasteiger partial charge >= 0.3 is 0 Å². The first kappa shape index (κ1) is 12.3. The van der Waals surface area contributed by atoms with Crippen LogP contribution in [0.5, 0.6) is 0 Å². The van der Waals surface area contributed by atoms with Gasteiger partial charge in [0, 0.05) is 16.3 Å². The van der Waals surface area contributed by atoms with Gasteiger partial charge in [0.2, 0.25) is 0 Å². The van der Waals surface area contributed by atoms with Crippen molar-refractivity contribution in [3.05, 3.63) is 57.8 Å². The molecule has 90 valence electrons. The Hall–Kier alpha value is -1.12. The Morgan fingerprint density at radius 3 is 2.59 bits per heavy atom. The summed E-state index contributed by atoms with van der Waals surface area (Å²) in [6.45, 7) is 4.25. The van der Waals surface area contributed by atoms with Crippen LogP contribution >= 0.6 is 11.3 Å². The molecule has 0 bridgehead atoms. The second-order valence-corrected chi connectivity index (χ2v) is 5.65. The molecule has 2 heteroatoms. The van der Waals surface area contributed by atoms with Gasteiger partial charge in [0.25, 0.3) is 0 Å². The minimum Gasteiger partial charge on any atom is -0.312 e. The third kappa shape index (κ3) is 4.33. The van der Waals surface area contributed by atoms with Gasteiger partial charge in [-0.25, -0.2) is 0 Å². The van der Waals surface area contributed by atoms with E-state index < -0.39 is 0 Å². The normalized spacial score (nSPS) is 10.6. The minimum absolute atomic E-state index is 1.01. The maximum Gasteiger partial charge on any atom is 0.0299 e. The predicted octanol–water partition coefficient (Wildman–Crippen LogP) is 3.78. The van der Waals surface area contributed by atoms with E-state index in [1.54, 1.807) is 0 Å². The first-order chi connectivity index (χ1) is 8.34. The summed E-state index contributed by atoms with van der Waals surface area (Å²) in [6.07, 6.45) is 2.37. The zero-order chi connectivity index (χ0) is 11.9. The van der Waals surface area contributed by atoms with Gasteiger partial charge in [-0.1, -0.05) is 30.3 Å². The maximum atomic E-state index is 3.50. The summed E-state index contributed by atoms with van der Waals surface area (Å²) in [5.74, 6) is 0. The van der Waals surface area contributed by atoms with Gasteiger partial charge in [-0.15, -0.1) is 11.3 Å². The highest BCUT2D eigenvalue weighted by atomic mass is 32.1. The maximum absolute atomic E-state index is 3.50. The molecule has 0 aliphatic heterocycles. The molecule has 0 atom stereocenters. The highest BCUT2D eigenvalue weighted by Crippen LogP contribution is 2.14. The van der Waals surface area contributed by atoms with Crippen molar-refractivity contribution in [2.45, 2.75) is 26.3 Å².